The maximum Gasteiger partial charge on any atom is 0.321 e. The number of hydrogen-bond acceptors (Lipinski definition) is 5. The Kier molecular flexibility index (Phi) is 3.84. The van der Waals surface area contributed by atoms with Crippen molar-refractivity contribution in [1.29, 1.82) is 0 Å². The molecule has 6 nitrogen and oxygen atoms in total. The fourth-order valence-corrected chi connectivity index (χ4v) is 1.28. The Morgan fingerprint density at radius 3 is 2.75 bits per heavy atom. The molecule has 0 saturated carbocycles. The highest BCUT2D eigenvalue weighted by atomic mass is 16.6. The number of aromatic hydroxyl groups is 1. The van der Waals surface area contributed by atoms with Crippen LogP contribution in [0.25, 0.3) is 6.08 Å². The minimum Gasteiger partial charge on any atom is -0.504 e. The number of nitro benzene ring substituents is 1. The molecule has 0 amide bonds. The van der Waals surface area contributed by atoms with E-state index in [4.69, 9.17) is 9.84 Å². The highest BCUT2D eigenvalue weighted by molar-refractivity contribution is 5.70. The Bertz CT molecular complexity index is 427. The molecule has 0 aliphatic carbocycles. The van der Waals surface area contributed by atoms with Crippen LogP contribution in [0.3, 0.4) is 0 Å². The van der Waals surface area contributed by atoms with Crippen molar-refractivity contribution in [3.05, 3.63) is 33.9 Å². The summed E-state index contributed by atoms with van der Waals surface area (Å²) in [6.07, 6.45) is 2.75. The average molecular weight is 225 g/mol. The summed E-state index contributed by atoms with van der Waals surface area (Å²) in [7, 11) is 1.24. The molecule has 0 bridgehead atoms. The summed E-state index contributed by atoms with van der Waals surface area (Å²) in [6.45, 7) is -0.222. The summed E-state index contributed by atoms with van der Waals surface area (Å²) in [5.74, 6) is -0.486. The number of methoxy groups -OCH3 is 1. The molecule has 0 aliphatic heterocycles. The van der Waals surface area contributed by atoms with Gasteiger partial charge in [-0.15, -0.1) is 0 Å². The molecular weight excluding hydrogens is 214 g/mol. The molecule has 0 saturated heterocycles. The number of rotatable bonds is 4. The summed E-state index contributed by atoms with van der Waals surface area (Å²) < 4.78 is 4.77. The molecular formula is C10H11NO5. The summed E-state index contributed by atoms with van der Waals surface area (Å²) in [5, 5.41) is 28.8. The molecule has 0 spiro atoms. The van der Waals surface area contributed by atoms with E-state index < -0.39 is 4.92 Å². The first-order valence-electron chi connectivity index (χ1n) is 4.43. The number of phenols is 1. The first-order valence-corrected chi connectivity index (χ1v) is 4.43. The molecule has 0 fully saturated rings. The maximum absolute atomic E-state index is 10.8. The van der Waals surface area contributed by atoms with Crippen molar-refractivity contribution in [2.75, 3.05) is 13.7 Å². The standard InChI is InChI=1S/C10H11NO5/c1-16-10-8(13)5-4-7(3-2-6-12)9(10)11(14)15/h2-5,12-13H,6H2,1H3. The average Bonchev–Trinajstić information content (AvgIpc) is 2.26. The van der Waals surface area contributed by atoms with E-state index in [0.717, 1.165) is 0 Å². The van der Waals surface area contributed by atoms with Gasteiger partial charge >= 0.3 is 5.69 Å². The van der Waals surface area contributed by atoms with E-state index in [1.807, 2.05) is 0 Å². The minimum absolute atomic E-state index is 0.190. The normalized spacial score (nSPS) is 10.6. The van der Waals surface area contributed by atoms with Gasteiger partial charge in [-0.2, -0.15) is 0 Å². The van der Waals surface area contributed by atoms with Gasteiger partial charge in [0.15, 0.2) is 5.75 Å². The van der Waals surface area contributed by atoms with Gasteiger partial charge in [0.1, 0.15) is 0 Å². The van der Waals surface area contributed by atoms with Crippen LogP contribution in [0.4, 0.5) is 5.69 Å². The molecule has 1 rings (SSSR count). The number of nitro groups is 1. The highest BCUT2D eigenvalue weighted by Crippen LogP contribution is 2.39. The van der Waals surface area contributed by atoms with Gasteiger partial charge in [-0.05, 0) is 18.2 Å². The summed E-state index contributed by atoms with van der Waals surface area (Å²) in [4.78, 5) is 10.2. The lowest BCUT2D eigenvalue weighted by Gasteiger charge is -2.06. The van der Waals surface area contributed by atoms with Crippen LogP contribution in [0.5, 0.6) is 11.5 Å². The van der Waals surface area contributed by atoms with Gasteiger partial charge in [0, 0.05) is 0 Å². The lowest BCUT2D eigenvalue weighted by atomic mass is 10.1. The predicted octanol–water partition coefficient (Wildman–Crippen LogP) is 1.31. The van der Waals surface area contributed by atoms with Gasteiger partial charge in [-0.3, -0.25) is 10.1 Å². The van der Waals surface area contributed by atoms with Gasteiger partial charge < -0.3 is 14.9 Å². The first-order chi connectivity index (χ1) is 7.61. The van der Waals surface area contributed by atoms with Gasteiger partial charge in [0.05, 0.1) is 24.2 Å². The number of ether oxygens (including phenoxy) is 1. The van der Waals surface area contributed by atoms with E-state index in [1.54, 1.807) is 0 Å². The Balaban J connectivity index is 3.39. The molecule has 1 aromatic carbocycles. The van der Waals surface area contributed by atoms with Crippen LogP contribution in [0.1, 0.15) is 5.56 Å². The topological polar surface area (TPSA) is 92.8 Å². The second-order valence-electron chi connectivity index (χ2n) is 2.90. The molecule has 6 heteroatoms. The van der Waals surface area contributed by atoms with E-state index in [9.17, 15) is 15.2 Å². The van der Waals surface area contributed by atoms with Gasteiger partial charge in [-0.1, -0.05) is 6.08 Å². The van der Waals surface area contributed by atoms with Crippen LogP contribution in [-0.2, 0) is 0 Å². The van der Waals surface area contributed by atoms with E-state index in [0.29, 0.717) is 0 Å². The van der Waals surface area contributed by atoms with E-state index >= 15 is 0 Å². The molecule has 0 aromatic heterocycles. The number of aliphatic hydroxyl groups is 1. The van der Waals surface area contributed by atoms with Crippen LogP contribution in [0.15, 0.2) is 18.2 Å². The second kappa shape index (κ2) is 5.13. The van der Waals surface area contributed by atoms with Crippen LogP contribution >= 0.6 is 0 Å². The summed E-state index contributed by atoms with van der Waals surface area (Å²) >= 11 is 0. The summed E-state index contributed by atoms with van der Waals surface area (Å²) in [5.41, 5.74) is -0.0686. The summed E-state index contributed by atoms with van der Waals surface area (Å²) in [6, 6.07) is 2.67. The zero-order valence-electron chi connectivity index (χ0n) is 8.58. The van der Waals surface area contributed by atoms with Gasteiger partial charge in [0.2, 0.25) is 5.75 Å². The lowest BCUT2D eigenvalue weighted by Crippen LogP contribution is -1.96. The predicted molar refractivity (Wildman–Crippen MR) is 57.4 cm³/mol. The Morgan fingerprint density at radius 1 is 1.56 bits per heavy atom. The van der Waals surface area contributed by atoms with Gasteiger partial charge in [0.25, 0.3) is 0 Å². The highest BCUT2D eigenvalue weighted by Gasteiger charge is 2.22. The monoisotopic (exact) mass is 225 g/mol. The number of nitrogens with zero attached hydrogens (tertiary/aromatic N) is 1. The molecule has 0 heterocycles. The van der Waals surface area contributed by atoms with Gasteiger partial charge in [-0.25, -0.2) is 0 Å². The quantitative estimate of drug-likeness (QED) is 0.595. The zero-order valence-corrected chi connectivity index (χ0v) is 8.58. The van der Waals surface area contributed by atoms with Crippen LogP contribution in [0.2, 0.25) is 0 Å². The SMILES string of the molecule is COc1c(O)ccc(C=CCO)c1[N+](=O)[O-]. The zero-order chi connectivity index (χ0) is 12.1. The third kappa shape index (κ3) is 2.29. The second-order valence-corrected chi connectivity index (χ2v) is 2.90. The molecule has 2 N–H and O–H groups in total. The van der Waals surface area contributed by atoms with Crippen molar-refractivity contribution < 1.29 is 19.9 Å². The first kappa shape index (κ1) is 12.0. The van der Waals surface area contributed by atoms with Crippen molar-refractivity contribution in [3.63, 3.8) is 0 Å². The molecule has 16 heavy (non-hydrogen) atoms. The number of aliphatic hydroxyl groups excluding tert-OH is 1. The largest absolute Gasteiger partial charge is 0.504 e. The van der Waals surface area contributed by atoms with Crippen molar-refractivity contribution >= 4 is 11.8 Å². The Hall–Kier alpha value is -2.08. The van der Waals surface area contributed by atoms with Crippen LogP contribution in [-0.4, -0.2) is 28.9 Å². The van der Waals surface area contributed by atoms with E-state index in [2.05, 4.69) is 0 Å². The molecule has 0 aliphatic rings. The molecule has 0 unspecified atom stereocenters. The molecule has 1 aromatic rings. The molecule has 0 atom stereocenters. The van der Waals surface area contributed by atoms with E-state index in [-0.39, 0.29) is 29.4 Å². The Morgan fingerprint density at radius 2 is 2.25 bits per heavy atom. The van der Waals surface area contributed by atoms with Crippen molar-refractivity contribution in [3.8, 4) is 11.5 Å². The van der Waals surface area contributed by atoms with Crippen molar-refractivity contribution in [2.24, 2.45) is 0 Å². The Labute approximate surface area is 91.6 Å². The lowest BCUT2D eigenvalue weighted by molar-refractivity contribution is -0.386. The minimum atomic E-state index is -0.643. The fourth-order valence-electron chi connectivity index (χ4n) is 1.28. The smallest absolute Gasteiger partial charge is 0.321 e. The number of phenolic OH excluding ortho intramolecular Hbond substituents is 1. The fraction of sp³-hybridized carbons (Fsp3) is 0.200. The molecule has 86 valence electrons. The molecule has 0 radical (unpaired) electrons. The van der Waals surface area contributed by atoms with Crippen molar-refractivity contribution in [2.45, 2.75) is 0 Å². The van der Waals surface area contributed by atoms with Crippen molar-refractivity contribution in [1.82, 2.24) is 0 Å². The third-order valence-corrected chi connectivity index (χ3v) is 1.93. The number of hydrogen-bond donors (Lipinski definition) is 2. The third-order valence-electron chi connectivity index (χ3n) is 1.93. The van der Waals surface area contributed by atoms with Crippen LogP contribution in [0, 0.1) is 10.1 Å². The van der Waals surface area contributed by atoms with E-state index in [1.165, 1.54) is 31.4 Å². The number of benzene rings is 1. The maximum atomic E-state index is 10.8. The van der Waals surface area contributed by atoms with Crippen LogP contribution < -0.4 is 4.74 Å².